The van der Waals surface area contributed by atoms with Crippen molar-refractivity contribution in [2.75, 3.05) is 23.9 Å². The lowest BCUT2D eigenvalue weighted by Gasteiger charge is -2.29. The number of anilines is 1. The van der Waals surface area contributed by atoms with Crippen LogP contribution in [-0.4, -0.2) is 50.0 Å². The first-order valence-corrected chi connectivity index (χ1v) is 16.1. The van der Waals surface area contributed by atoms with Gasteiger partial charge in [0.25, 0.3) is 15.9 Å². The highest BCUT2D eigenvalue weighted by molar-refractivity contribution is 7.92. The van der Waals surface area contributed by atoms with Crippen LogP contribution < -0.4 is 15.0 Å². The summed E-state index contributed by atoms with van der Waals surface area (Å²) < 4.78 is 28.5. The predicted molar refractivity (Wildman–Crippen MR) is 173 cm³/mol. The Hall–Kier alpha value is -4.33. The van der Waals surface area contributed by atoms with Crippen LogP contribution in [0.4, 0.5) is 5.69 Å². The second kappa shape index (κ2) is 16.5. The first-order chi connectivity index (χ1) is 21.0. The molecule has 0 radical (unpaired) electrons. The van der Waals surface area contributed by atoms with Crippen LogP contribution in [0.5, 0.6) is 5.75 Å². The van der Waals surface area contributed by atoms with Gasteiger partial charge in [-0.25, -0.2) is 8.42 Å². The number of carbonyl (C=O) groups excluding carboxylic acids is 2. The van der Waals surface area contributed by atoms with Crippen LogP contribution in [0.2, 0.25) is 0 Å². The van der Waals surface area contributed by atoms with E-state index < -0.39 is 10.0 Å². The lowest BCUT2D eigenvalue weighted by atomic mass is 9.99. The molecule has 0 bridgehead atoms. The summed E-state index contributed by atoms with van der Waals surface area (Å²) >= 11 is 0. The van der Waals surface area contributed by atoms with Gasteiger partial charge >= 0.3 is 0 Å². The van der Waals surface area contributed by atoms with Crippen LogP contribution in [0.1, 0.15) is 44.7 Å². The Kier molecular flexibility index (Phi) is 12.8. The van der Waals surface area contributed by atoms with Crippen molar-refractivity contribution in [3.05, 3.63) is 90.0 Å². The van der Waals surface area contributed by atoms with Crippen molar-refractivity contribution in [1.29, 1.82) is 0 Å². The van der Waals surface area contributed by atoms with Crippen molar-refractivity contribution >= 4 is 27.5 Å². The molecule has 0 saturated carbocycles. The fourth-order valence-corrected chi connectivity index (χ4v) is 6.36. The summed E-state index contributed by atoms with van der Waals surface area (Å²) in [4.78, 5) is 25.8. The normalized spacial score (nSPS) is 11.9. The summed E-state index contributed by atoms with van der Waals surface area (Å²) in [5, 5.41) is 15.7. The minimum absolute atomic E-state index is 0.00655. The average molecular weight is 619 g/mol. The molecule has 3 aromatic rings. The fourth-order valence-electron chi connectivity index (χ4n) is 4.70. The zero-order valence-corrected chi connectivity index (χ0v) is 26.4. The molecule has 3 aromatic carbocycles. The number of phenols is 1. The van der Waals surface area contributed by atoms with E-state index in [1.54, 1.807) is 36.4 Å². The first-order valence-electron chi connectivity index (χ1n) is 14.7. The number of phenolic OH excluding ortho intramolecular Hbond substituents is 1. The van der Waals surface area contributed by atoms with E-state index in [2.05, 4.69) is 16.7 Å². The van der Waals surface area contributed by atoms with E-state index >= 15 is 0 Å². The average Bonchev–Trinajstić information content (AvgIpc) is 3.00. The van der Waals surface area contributed by atoms with E-state index in [0.717, 1.165) is 5.56 Å². The van der Waals surface area contributed by atoms with Crippen LogP contribution in [-0.2, 0) is 32.6 Å². The van der Waals surface area contributed by atoms with Crippen LogP contribution >= 0.6 is 0 Å². The maximum absolute atomic E-state index is 13.6. The molecule has 0 unspecified atom stereocenters. The van der Waals surface area contributed by atoms with Gasteiger partial charge < -0.3 is 10.4 Å². The molecule has 9 nitrogen and oxygen atoms in total. The third-order valence-electron chi connectivity index (χ3n) is 6.79. The minimum Gasteiger partial charge on any atom is -0.505 e. The third kappa shape index (κ3) is 9.86. The predicted octanol–water partition coefficient (Wildman–Crippen LogP) is 4.49. The Bertz CT molecular complexity index is 1520. The van der Waals surface area contributed by atoms with Gasteiger partial charge in [-0.3, -0.25) is 24.3 Å². The van der Waals surface area contributed by atoms with Gasteiger partial charge in [0, 0.05) is 32.5 Å². The number of amides is 2. The molecule has 2 amide bonds. The summed E-state index contributed by atoms with van der Waals surface area (Å²) in [5.41, 5.74) is 4.44. The largest absolute Gasteiger partial charge is 0.505 e. The number of benzene rings is 3. The molecule has 3 N–H and O–H groups in total. The van der Waals surface area contributed by atoms with Crippen molar-refractivity contribution in [3.8, 4) is 18.1 Å². The summed E-state index contributed by atoms with van der Waals surface area (Å²) in [6.45, 7) is 6.55. The van der Waals surface area contributed by atoms with Gasteiger partial charge in [0.1, 0.15) is 5.75 Å². The highest BCUT2D eigenvalue weighted by Crippen LogP contribution is 2.36. The number of sulfonamides is 1. The molecule has 3 rings (SSSR count). The second-order valence-electron chi connectivity index (χ2n) is 11.2. The highest BCUT2D eigenvalue weighted by atomic mass is 32.2. The van der Waals surface area contributed by atoms with Gasteiger partial charge in [-0.15, -0.1) is 12.3 Å². The Balaban J connectivity index is 1.75. The topological polar surface area (TPSA) is 119 Å². The van der Waals surface area contributed by atoms with E-state index in [1.165, 1.54) is 21.4 Å². The number of hydrogen-bond donors (Lipinski definition) is 3. The van der Waals surface area contributed by atoms with Gasteiger partial charge in [-0.1, -0.05) is 81.4 Å². The van der Waals surface area contributed by atoms with E-state index in [4.69, 9.17) is 6.42 Å². The summed E-state index contributed by atoms with van der Waals surface area (Å²) in [5.74, 6) is 1.40. The van der Waals surface area contributed by atoms with Gasteiger partial charge in [0.05, 0.1) is 17.1 Å². The van der Waals surface area contributed by atoms with Crippen LogP contribution in [0.15, 0.2) is 83.8 Å². The number of nitrogens with zero attached hydrogens (tertiary/aromatic N) is 2. The number of terminal acetylenes is 1. The molecule has 0 heterocycles. The van der Waals surface area contributed by atoms with Crippen LogP contribution in [0.25, 0.3) is 0 Å². The zero-order valence-electron chi connectivity index (χ0n) is 25.6. The summed E-state index contributed by atoms with van der Waals surface area (Å²) in [6, 6.07) is 22.8. The minimum atomic E-state index is -3.94. The van der Waals surface area contributed by atoms with Crippen molar-refractivity contribution in [2.45, 2.75) is 51.5 Å². The van der Waals surface area contributed by atoms with E-state index in [9.17, 15) is 23.1 Å². The standard InChI is InChI=1S/C34H42N4O5S/c1-5-6-20-33(40)37(36-32(39)23-35-22-28-14-9-7-10-15-28)25-27(4)21-29-16-13-19-31(34(29)41)38(24-26(2)3)44(42,43)30-17-11-8-12-18-30/h1,7-19,26-27,35,41H,6,20-25H2,2-4H3,(H,36,39)/t27-/m1/s1. The number of carbonyl (C=O) groups is 2. The lowest BCUT2D eigenvalue weighted by Crippen LogP contribution is -2.50. The molecule has 0 saturated heterocycles. The maximum atomic E-state index is 13.6. The van der Waals surface area contributed by atoms with E-state index in [1.807, 2.05) is 51.1 Å². The Morgan fingerprint density at radius 3 is 2.23 bits per heavy atom. The van der Waals surface area contributed by atoms with Crippen molar-refractivity contribution in [3.63, 3.8) is 0 Å². The molecule has 10 heteroatoms. The molecule has 0 aliphatic carbocycles. The molecule has 234 valence electrons. The Labute approximate surface area is 261 Å². The van der Waals surface area contributed by atoms with Gasteiger partial charge in [-0.2, -0.15) is 0 Å². The number of hydrazine groups is 1. The van der Waals surface area contributed by atoms with Gasteiger partial charge in [0.15, 0.2) is 0 Å². The van der Waals surface area contributed by atoms with Gasteiger partial charge in [0.2, 0.25) is 5.91 Å². The smallest absolute Gasteiger partial charge is 0.264 e. The second-order valence-corrected chi connectivity index (χ2v) is 13.0. The molecule has 0 aliphatic rings. The molecule has 0 aromatic heterocycles. The Morgan fingerprint density at radius 2 is 1.59 bits per heavy atom. The van der Waals surface area contributed by atoms with Crippen molar-refractivity contribution in [2.24, 2.45) is 11.8 Å². The number of nitrogens with one attached hydrogen (secondary N) is 2. The molecular weight excluding hydrogens is 576 g/mol. The third-order valence-corrected chi connectivity index (χ3v) is 8.59. The summed E-state index contributed by atoms with van der Waals surface area (Å²) in [7, 11) is -3.94. The first kappa shape index (κ1) is 34.2. The number of aromatic hydroxyl groups is 1. The fraction of sp³-hybridized carbons (Fsp3) is 0.353. The van der Waals surface area contributed by atoms with Crippen molar-refractivity contribution < 1.29 is 23.1 Å². The van der Waals surface area contributed by atoms with Crippen molar-refractivity contribution in [1.82, 2.24) is 15.8 Å². The van der Waals surface area contributed by atoms with E-state index in [-0.39, 0.29) is 72.5 Å². The molecule has 1 atom stereocenters. The maximum Gasteiger partial charge on any atom is 0.264 e. The monoisotopic (exact) mass is 618 g/mol. The molecule has 44 heavy (non-hydrogen) atoms. The highest BCUT2D eigenvalue weighted by Gasteiger charge is 2.29. The van der Waals surface area contributed by atoms with Crippen LogP contribution in [0.3, 0.4) is 0 Å². The van der Waals surface area contributed by atoms with E-state index in [0.29, 0.717) is 18.5 Å². The molecule has 0 aliphatic heterocycles. The molecular formula is C34H42N4O5S. The molecule has 0 fully saturated rings. The van der Waals surface area contributed by atoms with Crippen LogP contribution in [0, 0.1) is 24.2 Å². The number of hydrogen-bond acceptors (Lipinski definition) is 6. The lowest BCUT2D eigenvalue weighted by molar-refractivity contribution is -0.141. The number of para-hydroxylation sites is 1. The SMILES string of the molecule is C#CCCC(=O)N(C[C@H](C)Cc1cccc(N(CC(C)C)S(=O)(=O)c2ccccc2)c1O)NC(=O)CNCc1ccccc1. The Morgan fingerprint density at radius 1 is 0.932 bits per heavy atom. The van der Waals surface area contributed by atoms with Gasteiger partial charge in [-0.05, 0) is 47.6 Å². The quantitative estimate of drug-likeness (QED) is 0.171. The number of rotatable bonds is 15. The summed E-state index contributed by atoms with van der Waals surface area (Å²) in [6.07, 6.45) is 5.99. The molecule has 0 spiro atoms. The zero-order chi connectivity index (χ0) is 32.1.